The SMILES string of the molecule is O=C(c1cnn2c1CCCC2)N1CCN(C(=O)N(c2ccccc2)c2ccccc2)CC1. The lowest BCUT2D eigenvalue weighted by Crippen LogP contribution is -2.53. The van der Waals surface area contributed by atoms with Crippen LogP contribution in [-0.4, -0.2) is 57.7 Å². The molecule has 3 heterocycles. The summed E-state index contributed by atoms with van der Waals surface area (Å²) in [6.07, 6.45) is 4.83. The van der Waals surface area contributed by atoms with Gasteiger partial charge < -0.3 is 9.80 Å². The van der Waals surface area contributed by atoms with Crippen molar-refractivity contribution in [3.63, 3.8) is 0 Å². The fraction of sp³-hybridized carbons (Fsp3) is 0.320. The minimum Gasteiger partial charge on any atom is -0.335 e. The van der Waals surface area contributed by atoms with Gasteiger partial charge in [-0.1, -0.05) is 36.4 Å². The highest BCUT2D eigenvalue weighted by atomic mass is 16.2. The molecule has 1 fully saturated rings. The van der Waals surface area contributed by atoms with E-state index in [0.29, 0.717) is 26.2 Å². The lowest BCUT2D eigenvalue weighted by molar-refractivity contribution is 0.0668. The summed E-state index contributed by atoms with van der Waals surface area (Å²) in [5, 5.41) is 4.40. The second kappa shape index (κ2) is 8.86. The molecule has 164 valence electrons. The summed E-state index contributed by atoms with van der Waals surface area (Å²) in [4.78, 5) is 32.1. The normalized spacial score (nSPS) is 15.9. The molecule has 1 saturated heterocycles. The van der Waals surface area contributed by atoms with Crippen LogP contribution in [0, 0.1) is 0 Å². The fourth-order valence-corrected chi connectivity index (χ4v) is 4.54. The summed E-state index contributed by atoms with van der Waals surface area (Å²) in [5.41, 5.74) is 3.43. The smallest absolute Gasteiger partial charge is 0.329 e. The molecule has 7 heteroatoms. The molecule has 0 N–H and O–H groups in total. The summed E-state index contributed by atoms with van der Waals surface area (Å²) in [5.74, 6) is 0.0308. The van der Waals surface area contributed by atoms with Gasteiger partial charge in [0, 0.05) is 32.7 Å². The van der Waals surface area contributed by atoms with Crippen LogP contribution in [-0.2, 0) is 13.0 Å². The minimum absolute atomic E-state index is 0.0308. The number of hydrogen-bond donors (Lipinski definition) is 0. The molecule has 7 nitrogen and oxygen atoms in total. The third kappa shape index (κ3) is 3.86. The summed E-state index contributed by atoms with van der Waals surface area (Å²) < 4.78 is 1.97. The maximum absolute atomic E-state index is 13.5. The first kappa shape index (κ1) is 20.3. The number of aromatic nitrogens is 2. The van der Waals surface area contributed by atoms with Gasteiger partial charge in [0.1, 0.15) is 0 Å². The predicted molar refractivity (Wildman–Crippen MR) is 123 cm³/mol. The summed E-state index contributed by atoms with van der Waals surface area (Å²) in [7, 11) is 0. The number of hydrogen-bond acceptors (Lipinski definition) is 3. The highest BCUT2D eigenvalue weighted by Gasteiger charge is 2.31. The van der Waals surface area contributed by atoms with E-state index in [2.05, 4.69) is 5.10 Å². The van der Waals surface area contributed by atoms with Crippen molar-refractivity contribution in [2.24, 2.45) is 0 Å². The monoisotopic (exact) mass is 429 g/mol. The molecule has 3 amide bonds. The third-order valence-corrected chi connectivity index (χ3v) is 6.27. The maximum atomic E-state index is 13.5. The number of nitrogens with zero attached hydrogens (tertiary/aromatic N) is 5. The molecule has 0 atom stereocenters. The minimum atomic E-state index is -0.0718. The number of rotatable bonds is 3. The molecule has 0 unspecified atom stereocenters. The Morgan fingerprint density at radius 1 is 0.750 bits per heavy atom. The van der Waals surface area contributed by atoms with Gasteiger partial charge >= 0.3 is 6.03 Å². The Hall–Kier alpha value is -3.61. The molecular formula is C25H27N5O2. The molecule has 0 spiro atoms. The van der Waals surface area contributed by atoms with Gasteiger partial charge in [-0.3, -0.25) is 14.4 Å². The number of aryl methyl sites for hydroxylation is 1. The zero-order chi connectivity index (χ0) is 21.9. The Kier molecular flexibility index (Phi) is 5.62. The quantitative estimate of drug-likeness (QED) is 0.634. The molecule has 32 heavy (non-hydrogen) atoms. The standard InChI is InChI=1S/C25H27N5O2/c31-24(22-19-26-29-14-8-7-13-23(22)29)27-15-17-28(18-16-27)25(32)30(20-9-3-1-4-10-20)21-11-5-2-6-12-21/h1-6,9-12,19H,7-8,13-18H2. The van der Waals surface area contributed by atoms with Gasteiger partial charge in [-0.25, -0.2) is 4.79 Å². The second-order valence-corrected chi connectivity index (χ2v) is 8.25. The molecule has 2 aromatic carbocycles. The maximum Gasteiger partial charge on any atom is 0.329 e. The van der Waals surface area contributed by atoms with Crippen LogP contribution >= 0.6 is 0 Å². The van der Waals surface area contributed by atoms with Crippen molar-refractivity contribution >= 4 is 23.3 Å². The van der Waals surface area contributed by atoms with Crippen LogP contribution in [0.25, 0.3) is 0 Å². The van der Waals surface area contributed by atoms with Crippen LogP contribution in [0.5, 0.6) is 0 Å². The number of benzene rings is 2. The van der Waals surface area contributed by atoms with Gasteiger partial charge in [-0.2, -0.15) is 5.10 Å². The Bertz CT molecular complexity index is 1050. The Morgan fingerprint density at radius 2 is 1.34 bits per heavy atom. The lowest BCUT2D eigenvalue weighted by atomic mass is 10.1. The van der Waals surface area contributed by atoms with Crippen LogP contribution in [0.2, 0.25) is 0 Å². The van der Waals surface area contributed by atoms with E-state index in [1.807, 2.05) is 75.1 Å². The van der Waals surface area contributed by atoms with Crippen LogP contribution in [0.4, 0.5) is 16.2 Å². The number of urea groups is 1. The van der Waals surface area contributed by atoms with E-state index in [0.717, 1.165) is 48.4 Å². The fourth-order valence-electron chi connectivity index (χ4n) is 4.54. The highest BCUT2D eigenvalue weighted by molar-refractivity contribution is 6.00. The molecule has 2 aliphatic heterocycles. The molecular weight excluding hydrogens is 402 g/mol. The molecule has 5 rings (SSSR count). The van der Waals surface area contributed by atoms with Gasteiger partial charge in [0.25, 0.3) is 5.91 Å². The molecule has 1 aromatic heterocycles. The molecule has 0 bridgehead atoms. The zero-order valence-corrected chi connectivity index (χ0v) is 18.1. The van der Waals surface area contributed by atoms with E-state index in [4.69, 9.17) is 0 Å². The molecule has 2 aliphatic rings. The number of para-hydroxylation sites is 2. The Balaban J connectivity index is 1.30. The van der Waals surface area contributed by atoms with Crippen LogP contribution in [0.1, 0.15) is 28.9 Å². The summed E-state index contributed by atoms with van der Waals surface area (Å²) >= 11 is 0. The van der Waals surface area contributed by atoms with E-state index in [1.54, 1.807) is 11.1 Å². The second-order valence-electron chi connectivity index (χ2n) is 8.25. The first-order valence-corrected chi connectivity index (χ1v) is 11.3. The number of carbonyl (C=O) groups is 2. The number of carbonyl (C=O) groups excluding carboxylic acids is 2. The van der Waals surface area contributed by atoms with Crippen LogP contribution in [0.3, 0.4) is 0 Å². The van der Waals surface area contributed by atoms with Gasteiger partial charge in [-0.05, 0) is 43.5 Å². The van der Waals surface area contributed by atoms with Crippen molar-refractivity contribution in [3.8, 4) is 0 Å². The predicted octanol–water partition coefficient (Wildman–Crippen LogP) is 3.94. The first-order valence-electron chi connectivity index (χ1n) is 11.3. The summed E-state index contributed by atoms with van der Waals surface area (Å²) in [6.45, 7) is 2.94. The first-order chi connectivity index (χ1) is 15.7. The number of piperazine rings is 1. The Labute approximate surface area is 187 Å². The van der Waals surface area contributed by atoms with Crippen LogP contribution in [0.15, 0.2) is 66.9 Å². The van der Waals surface area contributed by atoms with Gasteiger partial charge in [-0.15, -0.1) is 0 Å². The van der Waals surface area contributed by atoms with E-state index in [-0.39, 0.29) is 11.9 Å². The largest absolute Gasteiger partial charge is 0.335 e. The van der Waals surface area contributed by atoms with Crippen molar-refractivity contribution in [3.05, 3.63) is 78.1 Å². The molecule has 0 aliphatic carbocycles. The Morgan fingerprint density at radius 3 is 1.97 bits per heavy atom. The van der Waals surface area contributed by atoms with E-state index in [1.165, 1.54) is 0 Å². The van der Waals surface area contributed by atoms with Crippen molar-refractivity contribution in [2.75, 3.05) is 31.1 Å². The summed E-state index contributed by atoms with van der Waals surface area (Å²) in [6, 6.07) is 19.3. The van der Waals surface area contributed by atoms with E-state index in [9.17, 15) is 9.59 Å². The van der Waals surface area contributed by atoms with Gasteiger partial charge in [0.2, 0.25) is 0 Å². The molecule has 3 aromatic rings. The zero-order valence-electron chi connectivity index (χ0n) is 18.1. The average Bonchev–Trinajstić information content (AvgIpc) is 3.29. The van der Waals surface area contributed by atoms with Crippen molar-refractivity contribution < 1.29 is 9.59 Å². The number of anilines is 2. The molecule has 0 saturated carbocycles. The number of fused-ring (bicyclic) bond motifs is 1. The lowest BCUT2D eigenvalue weighted by Gasteiger charge is -2.37. The topological polar surface area (TPSA) is 61.7 Å². The van der Waals surface area contributed by atoms with Crippen molar-refractivity contribution in [1.82, 2.24) is 19.6 Å². The van der Waals surface area contributed by atoms with Crippen molar-refractivity contribution in [2.45, 2.75) is 25.8 Å². The van der Waals surface area contributed by atoms with Gasteiger partial charge in [0.15, 0.2) is 0 Å². The van der Waals surface area contributed by atoms with E-state index < -0.39 is 0 Å². The van der Waals surface area contributed by atoms with E-state index >= 15 is 0 Å². The number of amides is 3. The third-order valence-electron chi connectivity index (χ3n) is 6.27. The van der Waals surface area contributed by atoms with Gasteiger partial charge in [0.05, 0.1) is 28.8 Å². The average molecular weight is 430 g/mol. The molecule has 0 radical (unpaired) electrons. The highest BCUT2D eigenvalue weighted by Crippen LogP contribution is 2.27. The van der Waals surface area contributed by atoms with Crippen molar-refractivity contribution in [1.29, 1.82) is 0 Å². The van der Waals surface area contributed by atoms with Crippen LogP contribution < -0.4 is 4.90 Å².